The van der Waals surface area contributed by atoms with E-state index in [4.69, 9.17) is 16.3 Å². The summed E-state index contributed by atoms with van der Waals surface area (Å²) in [5.74, 6) is 0.430. The van der Waals surface area contributed by atoms with E-state index < -0.39 is 0 Å². The predicted octanol–water partition coefficient (Wildman–Crippen LogP) is 3.87. The Morgan fingerprint density at radius 2 is 2.00 bits per heavy atom. The number of hydrogen-bond donors (Lipinski definition) is 1. The second kappa shape index (κ2) is 6.04. The summed E-state index contributed by atoms with van der Waals surface area (Å²) < 4.78 is 19.2. The minimum Gasteiger partial charge on any atom is -0.496 e. The molecule has 1 N–H and O–H groups in total. The average molecular weight is 280 g/mol. The fourth-order valence-corrected chi connectivity index (χ4v) is 2.13. The van der Waals surface area contributed by atoms with E-state index in [9.17, 15) is 4.39 Å². The van der Waals surface area contributed by atoms with Gasteiger partial charge in [-0.25, -0.2) is 4.39 Å². The number of halogens is 2. The molecule has 19 heavy (non-hydrogen) atoms. The van der Waals surface area contributed by atoms with Crippen molar-refractivity contribution in [2.75, 3.05) is 14.2 Å². The summed E-state index contributed by atoms with van der Waals surface area (Å²) in [4.78, 5) is 0. The van der Waals surface area contributed by atoms with Crippen LogP contribution in [0.25, 0.3) is 11.1 Å². The molecule has 0 aliphatic rings. The highest BCUT2D eigenvalue weighted by molar-refractivity contribution is 6.31. The van der Waals surface area contributed by atoms with Gasteiger partial charge >= 0.3 is 0 Å². The molecule has 0 heterocycles. The van der Waals surface area contributed by atoms with Gasteiger partial charge in [0.1, 0.15) is 11.6 Å². The Bertz CT molecular complexity index is 586. The molecule has 0 aromatic heterocycles. The molecule has 2 aromatic carbocycles. The van der Waals surface area contributed by atoms with Crippen LogP contribution in [-0.2, 0) is 6.54 Å². The van der Waals surface area contributed by atoms with Crippen molar-refractivity contribution in [3.63, 3.8) is 0 Å². The molecule has 2 aromatic rings. The van der Waals surface area contributed by atoms with Gasteiger partial charge in [0.2, 0.25) is 0 Å². The largest absolute Gasteiger partial charge is 0.496 e. The van der Waals surface area contributed by atoms with Crippen molar-refractivity contribution < 1.29 is 9.13 Å². The maximum absolute atomic E-state index is 13.9. The molecule has 0 fully saturated rings. The van der Waals surface area contributed by atoms with E-state index in [2.05, 4.69) is 5.32 Å². The third-order valence-electron chi connectivity index (χ3n) is 2.89. The number of benzene rings is 2. The average Bonchev–Trinajstić information content (AvgIpc) is 2.41. The minimum atomic E-state index is -0.242. The molecule has 0 amide bonds. The molecule has 0 radical (unpaired) electrons. The number of rotatable bonds is 4. The maximum Gasteiger partial charge on any atom is 0.128 e. The molecule has 0 saturated heterocycles. The fourth-order valence-electron chi connectivity index (χ4n) is 1.95. The Morgan fingerprint density at radius 1 is 1.21 bits per heavy atom. The summed E-state index contributed by atoms with van der Waals surface area (Å²) in [5.41, 5.74) is 2.16. The van der Waals surface area contributed by atoms with Crippen molar-refractivity contribution in [1.82, 2.24) is 5.32 Å². The number of hydrogen-bond acceptors (Lipinski definition) is 2. The van der Waals surface area contributed by atoms with Gasteiger partial charge in [-0.2, -0.15) is 0 Å². The Kier molecular flexibility index (Phi) is 4.40. The smallest absolute Gasteiger partial charge is 0.128 e. The van der Waals surface area contributed by atoms with Crippen LogP contribution in [-0.4, -0.2) is 14.2 Å². The molecule has 0 saturated carbocycles. The van der Waals surface area contributed by atoms with Crippen LogP contribution in [0.5, 0.6) is 5.75 Å². The lowest BCUT2D eigenvalue weighted by Gasteiger charge is -2.10. The Morgan fingerprint density at radius 3 is 2.63 bits per heavy atom. The number of ether oxygens (including phenoxy) is 1. The van der Waals surface area contributed by atoms with E-state index in [1.54, 1.807) is 38.4 Å². The first-order chi connectivity index (χ1) is 9.15. The third-order valence-corrected chi connectivity index (χ3v) is 3.13. The highest BCUT2D eigenvalue weighted by Gasteiger charge is 2.09. The summed E-state index contributed by atoms with van der Waals surface area (Å²) in [5, 5.41) is 3.52. The summed E-state index contributed by atoms with van der Waals surface area (Å²) in [6.07, 6.45) is 0. The maximum atomic E-state index is 13.9. The van der Waals surface area contributed by atoms with Crippen LogP contribution in [0.2, 0.25) is 5.02 Å². The van der Waals surface area contributed by atoms with Crippen molar-refractivity contribution in [3.8, 4) is 16.9 Å². The summed E-state index contributed by atoms with van der Waals surface area (Å²) >= 11 is 5.99. The molecule has 0 spiro atoms. The zero-order valence-corrected chi connectivity index (χ0v) is 11.6. The number of nitrogens with one attached hydrogen (secondary N) is 1. The lowest BCUT2D eigenvalue weighted by molar-refractivity contribution is 0.416. The molecule has 0 aliphatic carbocycles. The molecule has 0 bridgehead atoms. The van der Waals surface area contributed by atoms with Gasteiger partial charge in [-0.05, 0) is 36.9 Å². The van der Waals surface area contributed by atoms with Crippen LogP contribution < -0.4 is 10.1 Å². The fraction of sp³-hybridized carbons (Fsp3) is 0.200. The molecule has 0 atom stereocenters. The van der Waals surface area contributed by atoms with Crippen LogP contribution in [0.4, 0.5) is 4.39 Å². The molecule has 2 nitrogen and oxygen atoms in total. The third kappa shape index (κ3) is 3.06. The van der Waals surface area contributed by atoms with Gasteiger partial charge in [-0.3, -0.25) is 0 Å². The van der Waals surface area contributed by atoms with Crippen LogP contribution in [0.3, 0.4) is 0 Å². The monoisotopic (exact) mass is 279 g/mol. The van der Waals surface area contributed by atoms with E-state index in [1.807, 2.05) is 6.07 Å². The molecule has 100 valence electrons. The first-order valence-electron chi connectivity index (χ1n) is 5.92. The normalized spacial score (nSPS) is 10.5. The summed E-state index contributed by atoms with van der Waals surface area (Å²) in [6, 6.07) is 10.4. The molecule has 0 unspecified atom stereocenters. The molecule has 4 heteroatoms. The van der Waals surface area contributed by atoms with Crippen molar-refractivity contribution in [3.05, 3.63) is 52.8 Å². The van der Waals surface area contributed by atoms with Crippen molar-refractivity contribution in [2.24, 2.45) is 0 Å². The van der Waals surface area contributed by atoms with Crippen molar-refractivity contribution in [1.29, 1.82) is 0 Å². The minimum absolute atomic E-state index is 0.242. The Balaban J connectivity index is 2.47. The van der Waals surface area contributed by atoms with Gasteiger partial charge < -0.3 is 10.1 Å². The first-order valence-corrected chi connectivity index (χ1v) is 6.30. The predicted molar refractivity (Wildman–Crippen MR) is 76.2 cm³/mol. The van der Waals surface area contributed by atoms with Gasteiger partial charge in [0.05, 0.1) is 7.11 Å². The second-order valence-electron chi connectivity index (χ2n) is 4.18. The summed E-state index contributed by atoms with van der Waals surface area (Å²) in [6.45, 7) is 0.499. The van der Waals surface area contributed by atoms with Crippen LogP contribution >= 0.6 is 11.6 Å². The standard InChI is InChI=1S/C15H15ClFNO/c1-18-9-11-4-3-10(7-14(11)17)13-8-12(16)5-6-15(13)19-2/h3-8,18H,9H2,1-2H3. The summed E-state index contributed by atoms with van der Waals surface area (Å²) in [7, 11) is 3.37. The van der Waals surface area contributed by atoms with Gasteiger partial charge in [0.25, 0.3) is 0 Å². The van der Waals surface area contributed by atoms with E-state index in [1.165, 1.54) is 6.07 Å². The second-order valence-corrected chi connectivity index (χ2v) is 4.62. The highest BCUT2D eigenvalue weighted by Crippen LogP contribution is 2.33. The van der Waals surface area contributed by atoms with Crippen LogP contribution in [0.15, 0.2) is 36.4 Å². The molecule has 0 aliphatic heterocycles. The molecular weight excluding hydrogens is 265 g/mol. The molecular formula is C15H15ClFNO. The Hall–Kier alpha value is -1.58. The van der Waals surface area contributed by atoms with Crippen LogP contribution in [0, 0.1) is 5.82 Å². The van der Waals surface area contributed by atoms with Gasteiger partial charge in [-0.1, -0.05) is 23.7 Å². The van der Waals surface area contributed by atoms with Gasteiger partial charge in [0, 0.05) is 22.7 Å². The van der Waals surface area contributed by atoms with Crippen molar-refractivity contribution >= 4 is 11.6 Å². The SMILES string of the molecule is CNCc1ccc(-c2cc(Cl)ccc2OC)cc1F. The quantitative estimate of drug-likeness (QED) is 0.917. The van der Waals surface area contributed by atoms with E-state index in [-0.39, 0.29) is 5.82 Å². The Labute approximate surface area is 117 Å². The van der Waals surface area contributed by atoms with E-state index >= 15 is 0 Å². The van der Waals surface area contributed by atoms with Gasteiger partial charge in [0.15, 0.2) is 0 Å². The highest BCUT2D eigenvalue weighted by atomic mass is 35.5. The lowest BCUT2D eigenvalue weighted by Crippen LogP contribution is -2.06. The number of methoxy groups -OCH3 is 1. The molecule has 2 rings (SSSR count). The van der Waals surface area contributed by atoms with Crippen molar-refractivity contribution in [2.45, 2.75) is 6.54 Å². The zero-order valence-electron chi connectivity index (χ0n) is 10.8. The first kappa shape index (κ1) is 13.8. The lowest BCUT2D eigenvalue weighted by atomic mass is 10.0. The zero-order chi connectivity index (χ0) is 13.8. The van der Waals surface area contributed by atoms with E-state index in [0.717, 1.165) is 11.1 Å². The van der Waals surface area contributed by atoms with Crippen LogP contribution in [0.1, 0.15) is 5.56 Å². The topological polar surface area (TPSA) is 21.3 Å². The van der Waals surface area contributed by atoms with E-state index in [0.29, 0.717) is 22.9 Å². The van der Waals surface area contributed by atoms with Gasteiger partial charge in [-0.15, -0.1) is 0 Å².